The van der Waals surface area contributed by atoms with Crippen LogP contribution < -0.4 is 9.64 Å². The maximum atomic E-state index is 12.6. The third-order valence-corrected chi connectivity index (χ3v) is 6.83. The number of fused-ring (bicyclic) bond motifs is 1. The van der Waals surface area contributed by atoms with E-state index in [-0.39, 0.29) is 5.91 Å². The lowest BCUT2D eigenvalue weighted by molar-refractivity contribution is -0.116. The lowest BCUT2D eigenvalue weighted by atomic mass is 10.2. The second-order valence-corrected chi connectivity index (χ2v) is 9.27. The number of amidine groups is 2. The van der Waals surface area contributed by atoms with Crippen LogP contribution in [0.1, 0.15) is 12.5 Å². The third kappa shape index (κ3) is 4.50. The molecule has 4 rings (SSSR count). The van der Waals surface area contributed by atoms with Crippen LogP contribution in [0.3, 0.4) is 0 Å². The van der Waals surface area contributed by atoms with Crippen molar-refractivity contribution in [3.63, 3.8) is 0 Å². The van der Waals surface area contributed by atoms with Gasteiger partial charge in [0.15, 0.2) is 10.4 Å². The molecule has 1 unspecified atom stereocenters. The highest BCUT2D eigenvalue weighted by Crippen LogP contribution is 2.36. The number of benzene rings is 2. The summed E-state index contributed by atoms with van der Waals surface area (Å²) >= 11 is 14.3. The summed E-state index contributed by atoms with van der Waals surface area (Å²) in [6.07, 6.45) is 0. The van der Waals surface area contributed by atoms with Crippen molar-refractivity contribution in [1.82, 2.24) is 0 Å². The minimum atomic E-state index is -0.496. The van der Waals surface area contributed by atoms with Gasteiger partial charge in [0.2, 0.25) is 0 Å². The Morgan fingerprint density at radius 3 is 2.76 bits per heavy atom. The summed E-state index contributed by atoms with van der Waals surface area (Å²) in [5.41, 5.74) is 1.89. The number of aliphatic imine (C=N–C) groups is 2. The van der Waals surface area contributed by atoms with Crippen molar-refractivity contribution in [2.24, 2.45) is 9.98 Å². The van der Waals surface area contributed by atoms with Gasteiger partial charge >= 0.3 is 0 Å². The van der Waals surface area contributed by atoms with E-state index in [1.54, 1.807) is 0 Å². The van der Waals surface area contributed by atoms with Gasteiger partial charge in [-0.25, -0.2) is 4.99 Å². The Hall–Kier alpha value is -1.87. The topological polar surface area (TPSA) is 54.3 Å². The van der Waals surface area contributed by atoms with Gasteiger partial charge in [0, 0.05) is 16.5 Å². The molecule has 2 aliphatic heterocycles. The van der Waals surface area contributed by atoms with Crippen molar-refractivity contribution in [2.45, 2.75) is 17.9 Å². The van der Waals surface area contributed by atoms with Gasteiger partial charge < -0.3 is 4.74 Å². The van der Waals surface area contributed by atoms with E-state index < -0.39 is 5.25 Å². The molecule has 0 radical (unpaired) electrons. The number of rotatable bonds is 5. The summed E-state index contributed by atoms with van der Waals surface area (Å²) < 4.78 is 6.09. The molecule has 1 fully saturated rings. The number of carbonyl (C=O) groups excluding carboxylic acids is 1. The van der Waals surface area contributed by atoms with E-state index in [2.05, 4.69) is 9.98 Å². The van der Waals surface area contributed by atoms with E-state index in [4.69, 9.17) is 28.6 Å². The number of thioether (sulfide) groups is 2. The molecule has 1 saturated heterocycles. The molecule has 5 nitrogen and oxygen atoms in total. The highest BCUT2D eigenvalue weighted by Gasteiger charge is 2.43. The molecule has 0 N–H and O–H groups in total. The molecule has 2 aliphatic rings. The first-order valence-corrected chi connectivity index (χ1v) is 11.5. The SMILES string of the molecule is CCOc1ccc(N2C(=S)SC3C(=O)N=C(SCc4cccc(Cl)c4)N=C32)cc1. The van der Waals surface area contributed by atoms with Gasteiger partial charge in [-0.15, -0.1) is 0 Å². The first kappa shape index (κ1) is 20.4. The largest absolute Gasteiger partial charge is 0.494 e. The predicted octanol–water partition coefficient (Wildman–Crippen LogP) is 5.17. The lowest BCUT2D eigenvalue weighted by Gasteiger charge is -2.21. The van der Waals surface area contributed by atoms with Crippen LogP contribution >= 0.6 is 47.3 Å². The zero-order valence-corrected chi connectivity index (χ0v) is 18.6. The molecule has 1 amide bonds. The van der Waals surface area contributed by atoms with Crippen molar-refractivity contribution in [3.05, 3.63) is 59.1 Å². The molecule has 0 saturated carbocycles. The van der Waals surface area contributed by atoms with E-state index in [0.29, 0.717) is 32.7 Å². The highest BCUT2D eigenvalue weighted by molar-refractivity contribution is 8.25. The lowest BCUT2D eigenvalue weighted by Crippen LogP contribution is -2.37. The Balaban J connectivity index is 1.56. The second kappa shape index (κ2) is 8.87. The van der Waals surface area contributed by atoms with Gasteiger partial charge in [0.05, 0.1) is 6.61 Å². The van der Waals surface area contributed by atoms with Crippen molar-refractivity contribution < 1.29 is 9.53 Å². The molecule has 0 bridgehead atoms. The number of nitrogens with zero attached hydrogens (tertiary/aromatic N) is 3. The Morgan fingerprint density at radius 1 is 1.24 bits per heavy atom. The molecule has 29 heavy (non-hydrogen) atoms. The normalized spacial score (nSPS) is 18.4. The number of carbonyl (C=O) groups is 1. The summed E-state index contributed by atoms with van der Waals surface area (Å²) in [4.78, 5) is 23.2. The first-order chi connectivity index (χ1) is 14.0. The van der Waals surface area contributed by atoms with Gasteiger partial charge in [-0.1, -0.05) is 59.5 Å². The minimum absolute atomic E-state index is 0.232. The molecular weight excluding hydrogens is 446 g/mol. The number of hydrogen-bond acceptors (Lipinski definition) is 6. The predicted molar refractivity (Wildman–Crippen MR) is 127 cm³/mol. The zero-order chi connectivity index (χ0) is 20.4. The fourth-order valence-corrected chi connectivity index (χ4v) is 5.31. The number of thiocarbonyl (C=S) groups is 1. The summed E-state index contributed by atoms with van der Waals surface area (Å²) in [6.45, 7) is 2.54. The Labute approximate surface area is 187 Å². The van der Waals surface area contributed by atoms with Crippen LogP contribution in [0.4, 0.5) is 5.69 Å². The van der Waals surface area contributed by atoms with Crippen LogP contribution in [0.5, 0.6) is 5.75 Å². The fourth-order valence-electron chi connectivity index (χ4n) is 2.90. The van der Waals surface area contributed by atoms with Crippen molar-refractivity contribution >= 4 is 74.3 Å². The van der Waals surface area contributed by atoms with Gasteiger partial charge in [-0.3, -0.25) is 9.69 Å². The van der Waals surface area contributed by atoms with Crippen LogP contribution in [0.15, 0.2) is 58.5 Å². The second-order valence-electron chi connectivity index (χ2n) is 6.15. The number of halogens is 1. The van der Waals surface area contributed by atoms with Crippen molar-refractivity contribution in [3.8, 4) is 5.75 Å². The fraction of sp³-hybridized carbons (Fsp3) is 0.200. The first-order valence-electron chi connectivity index (χ1n) is 8.87. The molecule has 1 atom stereocenters. The molecular formula is C20H16ClN3O2S3. The van der Waals surface area contributed by atoms with Crippen LogP contribution in [0, 0.1) is 0 Å². The van der Waals surface area contributed by atoms with Gasteiger partial charge in [0.25, 0.3) is 5.91 Å². The van der Waals surface area contributed by atoms with E-state index in [9.17, 15) is 4.79 Å². The summed E-state index contributed by atoms with van der Waals surface area (Å²) in [7, 11) is 0. The summed E-state index contributed by atoms with van der Waals surface area (Å²) in [6, 6.07) is 15.2. The van der Waals surface area contributed by atoms with Gasteiger partial charge in [-0.05, 0) is 48.9 Å². The molecule has 9 heteroatoms. The Bertz CT molecular complexity index is 1020. The minimum Gasteiger partial charge on any atom is -0.494 e. The zero-order valence-electron chi connectivity index (χ0n) is 15.4. The smallest absolute Gasteiger partial charge is 0.269 e. The van der Waals surface area contributed by atoms with Crippen molar-refractivity contribution in [2.75, 3.05) is 11.5 Å². The molecule has 0 aromatic heterocycles. The van der Waals surface area contributed by atoms with Gasteiger partial charge in [-0.2, -0.15) is 4.99 Å². The summed E-state index contributed by atoms with van der Waals surface area (Å²) in [5.74, 6) is 1.78. The number of hydrogen-bond donors (Lipinski definition) is 0. The van der Waals surface area contributed by atoms with Crippen LogP contribution in [0.25, 0.3) is 0 Å². The van der Waals surface area contributed by atoms with Crippen LogP contribution in [0.2, 0.25) is 5.02 Å². The average Bonchev–Trinajstić information content (AvgIpc) is 3.04. The van der Waals surface area contributed by atoms with Gasteiger partial charge in [0.1, 0.15) is 15.9 Å². The molecule has 2 heterocycles. The Kier molecular flexibility index (Phi) is 6.24. The number of anilines is 1. The standard InChI is InChI=1S/C20H16ClN3O2S3/c1-2-26-15-8-6-14(7-9-15)24-17-16(29-20(24)27)18(25)23-19(22-17)28-11-12-4-3-5-13(21)10-12/h3-10,16H,2,11H2,1H3. The maximum absolute atomic E-state index is 12.6. The monoisotopic (exact) mass is 461 g/mol. The van der Waals surface area contributed by atoms with Crippen LogP contribution in [-0.2, 0) is 10.5 Å². The van der Waals surface area contributed by atoms with Crippen LogP contribution in [-0.4, -0.2) is 33.1 Å². The number of amides is 1. The molecule has 2 aromatic rings. The molecule has 0 aliphatic carbocycles. The third-order valence-electron chi connectivity index (χ3n) is 4.17. The maximum Gasteiger partial charge on any atom is 0.269 e. The number of ether oxygens (including phenoxy) is 1. The van der Waals surface area contributed by atoms with E-state index in [0.717, 1.165) is 17.0 Å². The average molecular weight is 462 g/mol. The molecule has 148 valence electrons. The molecule has 2 aromatic carbocycles. The van der Waals surface area contributed by atoms with E-state index in [1.165, 1.54) is 23.5 Å². The summed E-state index contributed by atoms with van der Waals surface area (Å²) in [5, 5.41) is 0.613. The molecule has 0 spiro atoms. The highest BCUT2D eigenvalue weighted by atomic mass is 35.5. The Morgan fingerprint density at radius 2 is 2.03 bits per heavy atom. The van der Waals surface area contributed by atoms with E-state index in [1.807, 2.05) is 60.4 Å². The van der Waals surface area contributed by atoms with Crippen molar-refractivity contribution in [1.29, 1.82) is 0 Å². The quantitative estimate of drug-likeness (QED) is 0.572. The van der Waals surface area contributed by atoms with E-state index >= 15 is 0 Å².